The van der Waals surface area contributed by atoms with Gasteiger partial charge in [-0.1, -0.05) is 6.07 Å². The second-order valence-corrected chi connectivity index (χ2v) is 4.01. The first-order chi connectivity index (χ1) is 9.01. The van der Waals surface area contributed by atoms with Crippen molar-refractivity contribution in [1.29, 1.82) is 5.26 Å². The van der Waals surface area contributed by atoms with Crippen molar-refractivity contribution in [1.82, 2.24) is 9.97 Å². The molecule has 0 unspecified atom stereocenters. The zero-order chi connectivity index (χ0) is 14.0. The summed E-state index contributed by atoms with van der Waals surface area (Å²) in [6.45, 7) is 3.19. The topological polar surface area (TPSA) is 61.6 Å². The number of benzene rings is 1. The highest BCUT2D eigenvalue weighted by molar-refractivity contribution is 5.57. The Kier molecular flexibility index (Phi) is 3.38. The Morgan fingerprint density at radius 2 is 1.95 bits per heavy atom. The van der Waals surface area contributed by atoms with E-state index in [0.717, 1.165) is 6.07 Å². The number of nitrogens with zero attached hydrogens (tertiary/aromatic N) is 3. The van der Waals surface area contributed by atoms with Crippen LogP contribution in [-0.2, 0) is 0 Å². The van der Waals surface area contributed by atoms with Gasteiger partial charge in [0.2, 0.25) is 5.95 Å². The summed E-state index contributed by atoms with van der Waals surface area (Å²) in [6, 6.07) is 5.83. The zero-order valence-corrected chi connectivity index (χ0v) is 10.3. The molecule has 0 fully saturated rings. The number of anilines is 2. The highest BCUT2D eigenvalue weighted by Crippen LogP contribution is 2.24. The fraction of sp³-hybridized carbons (Fsp3) is 0.154. The molecule has 0 saturated heterocycles. The maximum atomic E-state index is 13.8. The first-order valence-electron chi connectivity index (χ1n) is 5.48. The average Bonchev–Trinajstić information content (AvgIpc) is 2.38. The predicted molar refractivity (Wildman–Crippen MR) is 65.9 cm³/mol. The molecular formula is C13H10F2N4. The Bertz CT molecular complexity index is 677. The quantitative estimate of drug-likeness (QED) is 0.901. The van der Waals surface area contributed by atoms with Gasteiger partial charge in [0.05, 0.1) is 0 Å². The van der Waals surface area contributed by atoms with Crippen LogP contribution in [0.3, 0.4) is 0 Å². The maximum absolute atomic E-state index is 13.8. The number of halogens is 2. The fourth-order valence-corrected chi connectivity index (χ4v) is 1.56. The van der Waals surface area contributed by atoms with Gasteiger partial charge in [-0.15, -0.1) is 0 Å². The molecule has 2 aromatic rings. The number of hydrogen-bond acceptors (Lipinski definition) is 4. The van der Waals surface area contributed by atoms with Gasteiger partial charge >= 0.3 is 0 Å². The molecule has 0 aliphatic rings. The molecule has 19 heavy (non-hydrogen) atoms. The van der Waals surface area contributed by atoms with Crippen LogP contribution in [0.1, 0.15) is 17.0 Å². The zero-order valence-electron chi connectivity index (χ0n) is 10.3. The minimum Gasteiger partial charge on any atom is -0.319 e. The Labute approximate surface area is 108 Å². The minimum atomic E-state index is -0.744. The third kappa shape index (κ3) is 2.65. The van der Waals surface area contributed by atoms with E-state index >= 15 is 0 Å². The number of aryl methyl sites for hydroxylation is 2. The van der Waals surface area contributed by atoms with E-state index in [0.29, 0.717) is 11.3 Å². The van der Waals surface area contributed by atoms with Crippen LogP contribution in [0.15, 0.2) is 18.2 Å². The van der Waals surface area contributed by atoms with Crippen LogP contribution in [0.25, 0.3) is 0 Å². The summed E-state index contributed by atoms with van der Waals surface area (Å²) < 4.78 is 27.4. The van der Waals surface area contributed by atoms with Crippen molar-refractivity contribution in [3.8, 4) is 6.07 Å². The highest BCUT2D eigenvalue weighted by Gasteiger charge is 2.13. The average molecular weight is 260 g/mol. The van der Waals surface area contributed by atoms with E-state index in [2.05, 4.69) is 15.3 Å². The molecule has 0 amide bonds. The van der Waals surface area contributed by atoms with Crippen LogP contribution in [0.5, 0.6) is 0 Å². The number of rotatable bonds is 2. The Morgan fingerprint density at radius 1 is 1.21 bits per heavy atom. The third-order valence-electron chi connectivity index (χ3n) is 2.49. The van der Waals surface area contributed by atoms with Gasteiger partial charge in [0.1, 0.15) is 23.3 Å². The normalized spacial score (nSPS) is 10.1. The molecule has 4 nitrogen and oxygen atoms in total. The summed E-state index contributed by atoms with van der Waals surface area (Å²) in [4.78, 5) is 7.82. The maximum Gasteiger partial charge on any atom is 0.228 e. The summed E-state index contributed by atoms with van der Waals surface area (Å²) >= 11 is 0. The largest absolute Gasteiger partial charge is 0.319 e. The molecule has 0 atom stereocenters. The lowest BCUT2D eigenvalue weighted by molar-refractivity contribution is 0.584. The first-order valence-corrected chi connectivity index (χ1v) is 5.48. The van der Waals surface area contributed by atoms with Gasteiger partial charge in [-0.25, -0.2) is 18.7 Å². The molecule has 1 heterocycles. The number of nitriles is 1. The van der Waals surface area contributed by atoms with Crippen LogP contribution in [0.2, 0.25) is 0 Å². The summed E-state index contributed by atoms with van der Waals surface area (Å²) in [7, 11) is 0. The molecule has 96 valence electrons. The van der Waals surface area contributed by atoms with Crippen LogP contribution in [-0.4, -0.2) is 9.97 Å². The van der Waals surface area contributed by atoms with Crippen molar-refractivity contribution in [3.63, 3.8) is 0 Å². The van der Waals surface area contributed by atoms with Gasteiger partial charge in [0, 0.05) is 5.69 Å². The molecular weight excluding hydrogens is 250 g/mol. The second kappa shape index (κ2) is 4.98. The SMILES string of the molecule is Cc1cc(C#N)nc(Nc2c(F)ccc(C)c2F)n1. The molecule has 0 bridgehead atoms. The lowest BCUT2D eigenvalue weighted by Gasteiger charge is -2.09. The van der Waals surface area contributed by atoms with Crippen molar-refractivity contribution in [2.45, 2.75) is 13.8 Å². The van der Waals surface area contributed by atoms with Crippen LogP contribution in [0.4, 0.5) is 20.4 Å². The molecule has 0 spiro atoms. The standard InChI is InChI=1S/C13H10F2N4/c1-7-3-4-10(14)12(11(7)15)19-13-17-8(2)5-9(6-16)18-13/h3-5H,1-2H3,(H,17,18,19). The first kappa shape index (κ1) is 12.9. The Morgan fingerprint density at radius 3 is 2.63 bits per heavy atom. The smallest absolute Gasteiger partial charge is 0.228 e. The fourth-order valence-electron chi connectivity index (χ4n) is 1.56. The number of aromatic nitrogens is 2. The Hall–Kier alpha value is -2.55. The molecule has 1 aromatic heterocycles. The van der Waals surface area contributed by atoms with E-state index in [1.807, 2.05) is 6.07 Å². The highest BCUT2D eigenvalue weighted by atomic mass is 19.1. The van der Waals surface area contributed by atoms with E-state index in [1.165, 1.54) is 19.1 Å². The summed E-state index contributed by atoms with van der Waals surface area (Å²) in [5, 5.41) is 11.3. The molecule has 0 aliphatic heterocycles. The van der Waals surface area contributed by atoms with E-state index in [9.17, 15) is 8.78 Å². The van der Waals surface area contributed by atoms with Crippen LogP contribution >= 0.6 is 0 Å². The van der Waals surface area contributed by atoms with E-state index in [4.69, 9.17) is 5.26 Å². The van der Waals surface area contributed by atoms with Crippen LogP contribution < -0.4 is 5.32 Å². The van der Waals surface area contributed by atoms with Gasteiger partial charge in [-0.2, -0.15) is 5.26 Å². The van der Waals surface area contributed by atoms with Gasteiger partial charge in [-0.3, -0.25) is 0 Å². The van der Waals surface area contributed by atoms with E-state index in [1.54, 1.807) is 6.92 Å². The lowest BCUT2D eigenvalue weighted by Crippen LogP contribution is -2.04. The lowest BCUT2D eigenvalue weighted by atomic mass is 10.2. The minimum absolute atomic E-state index is 0.0139. The van der Waals surface area contributed by atoms with Crippen molar-refractivity contribution >= 4 is 11.6 Å². The predicted octanol–water partition coefficient (Wildman–Crippen LogP) is 2.99. The van der Waals surface area contributed by atoms with Gasteiger partial charge in [-0.05, 0) is 31.5 Å². The molecule has 0 saturated carbocycles. The van der Waals surface area contributed by atoms with E-state index < -0.39 is 11.6 Å². The summed E-state index contributed by atoms with van der Waals surface area (Å²) in [5.41, 5.74) is 0.637. The molecule has 6 heteroatoms. The van der Waals surface area contributed by atoms with Gasteiger partial charge < -0.3 is 5.32 Å². The number of hydrogen-bond donors (Lipinski definition) is 1. The van der Waals surface area contributed by atoms with Gasteiger partial charge in [0.15, 0.2) is 5.82 Å². The van der Waals surface area contributed by atoms with Gasteiger partial charge in [0.25, 0.3) is 0 Å². The van der Waals surface area contributed by atoms with Crippen molar-refractivity contribution in [2.24, 2.45) is 0 Å². The van der Waals surface area contributed by atoms with E-state index in [-0.39, 0.29) is 17.3 Å². The molecule has 1 N–H and O–H groups in total. The summed E-state index contributed by atoms with van der Waals surface area (Å²) in [6.07, 6.45) is 0. The third-order valence-corrected chi connectivity index (χ3v) is 2.49. The molecule has 0 radical (unpaired) electrons. The molecule has 2 rings (SSSR count). The Balaban J connectivity index is 2.45. The van der Waals surface area contributed by atoms with Crippen molar-refractivity contribution in [2.75, 3.05) is 5.32 Å². The van der Waals surface area contributed by atoms with Crippen molar-refractivity contribution in [3.05, 3.63) is 46.8 Å². The summed E-state index contributed by atoms with van der Waals surface area (Å²) in [5.74, 6) is -1.46. The monoisotopic (exact) mass is 260 g/mol. The second-order valence-electron chi connectivity index (χ2n) is 4.01. The number of nitrogens with one attached hydrogen (secondary N) is 1. The van der Waals surface area contributed by atoms with Crippen molar-refractivity contribution < 1.29 is 8.78 Å². The molecule has 0 aliphatic carbocycles. The van der Waals surface area contributed by atoms with Crippen LogP contribution in [0, 0.1) is 36.8 Å². The molecule has 1 aromatic carbocycles.